The van der Waals surface area contributed by atoms with Gasteiger partial charge in [-0.25, -0.2) is 0 Å². The largest absolute Gasteiger partial charge is 0.500 e. The lowest BCUT2D eigenvalue weighted by atomic mass is 10.6. The minimum absolute atomic E-state index is 0.264. The van der Waals surface area contributed by atoms with Gasteiger partial charge in [-0.1, -0.05) is 24.9 Å². The van der Waals surface area contributed by atoms with Crippen molar-refractivity contribution in [2.75, 3.05) is 39.6 Å². The van der Waals surface area contributed by atoms with Crippen LogP contribution in [0.5, 0.6) is 0 Å². The van der Waals surface area contributed by atoms with Gasteiger partial charge in [0, 0.05) is 60.0 Å². The maximum absolute atomic E-state index is 6.05. The van der Waals surface area contributed by atoms with Gasteiger partial charge < -0.3 is 26.6 Å². The van der Waals surface area contributed by atoms with Crippen molar-refractivity contribution in [3.8, 4) is 0 Å². The molecule has 0 aliphatic rings. The average Bonchev–Trinajstić information content (AvgIpc) is 2.69. The molecular formula is C18H50O6Si6. The molecule has 0 aromatic heterocycles. The molecule has 0 saturated heterocycles. The van der Waals surface area contributed by atoms with Crippen molar-refractivity contribution in [3.05, 3.63) is 0 Å². The van der Waals surface area contributed by atoms with E-state index >= 15 is 0 Å². The van der Waals surface area contributed by atoms with E-state index in [-0.39, 0.29) is 8.55 Å². The molecule has 6 nitrogen and oxygen atoms in total. The van der Waals surface area contributed by atoms with E-state index in [1.54, 1.807) is 0 Å². The van der Waals surface area contributed by atoms with Crippen LogP contribution in [0.15, 0.2) is 0 Å². The minimum Gasteiger partial charge on any atom is -0.374 e. The molecule has 0 fully saturated rings. The van der Waals surface area contributed by atoms with Crippen molar-refractivity contribution in [3.63, 3.8) is 0 Å². The summed E-state index contributed by atoms with van der Waals surface area (Å²) < 4.78 is 36.3. The van der Waals surface area contributed by atoms with Gasteiger partial charge in [0.05, 0.1) is 0 Å². The molecule has 30 heavy (non-hydrogen) atoms. The van der Waals surface area contributed by atoms with Crippen LogP contribution in [-0.4, -0.2) is 92.4 Å². The quantitative estimate of drug-likeness (QED) is 0.196. The minimum atomic E-state index is -2.47. The number of hydrogen-bond acceptors (Lipinski definition) is 6. The Kier molecular flexibility index (Phi) is 20.2. The summed E-state index contributed by atoms with van der Waals surface area (Å²) in [6.45, 7) is 16.3. The van der Waals surface area contributed by atoms with E-state index in [2.05, 4.69) is 0 Å². The molecule has 0 unspecified atom stereocenters. The molecule has 0 atom stereocenters. The van der Waals surface area contributed by atoms with Gasteiger partial charge in [0.1, 0.15) is 0 Å². The molecule has 0 aromatic rings. The molecule has 182 valence electrons. The fourth-order valence-electron chi connectivity index (χ4n) is 4.06. The first-order valence-corrected chi connectivity index (χ1v) is 30.8. The molecule has 0 aliphatic carbocycles. The van der Waals surface area contributed by atoms with Crippen molar-refractivity contribution in [1.29, 1.82) is 0 Å². The Morgan fingerprint density at radius 1 is 0.600 bits per heavy atom. The lowest BCUT2D eigenvalue weighted by molar-refractivity contribution is 0.0705. The lowest BCUT2D eigenvalue weighted by Crippen LogP contribution is -2.46. The van der Waals surface area contributed by atoms with E-state index in [1.807, 2.05) is 41.5 Å². The van der Waals surface area contributed by atoms with Crippen LogP contribution in [-0.2, 0) is 26.6 Å². The first-order valence-electron chi connectivity index (χ1n) is 12.3. The molecule has 0 spiro atoms. The standard InChI is InChI=1S/C18H50O6Si6/c1-7-19-29(20-8-2,21-9-3)17-13-15-28(27-26-25)16-14-18-30(22-10-4,23-11-5)24-12-6/h28H,7-18,26-27H2,1-6,25H3. The highest BCUT2D eigenvalue weighted by Crippen LogP contribution is 2.23. The Balaban J connectivity index is 4.77. The monoisotopic (exact) mass is 530 g/mol. The number of rotatable bonds is 22. The van der Waals surface area contributed by atoms with Crippen LogP contribution in [0.1, 0.15) is 54.4 Å². The van der Waals surface area contributed by atoms with Crippen LogP contribution in [0.2, 0.25) is 24.2 Å². The second-order valence-corrected chi connectivity index (χ2v) is 39.7. The van der Waals surface area contributed by atoms with E-state index in [4.69, 9.17) is 26.6 Å². The fourth-order valence-corrected chi connectivity index (χ4v) is 53.9. The third kappa shape index (κ3) is 12.9. The van der Waals surface area contributed by atoms with Crippen molar-refractivity contribution < 1.29 is 26.6 Å². The van der Waals surface area contributed by atoms with Gasteiger partial charge in [0.15, 0.2) is 0 Å². The third-order valence-electron chi connectivity index (χ3n) is 5.07. The Labute approximate surface area is 197 Å². The first kappa shape index (κ1) is 31.1. The SMILES string of the molecule is CCO[Si](CCC[SiH](CCC[Si](OCC)(OCC)OCC)[SiH2][SiH2][SiH3])(OCC)OCC. The summed E-state index contributed by atoms with van der Waals surface area (Å²) in [5, 5.41) is 0. The zero-order valence-corrected chi connectivity index (χ0v) is 28.9. The molecule has 12 heteroatoms. The highest BCUT2D eigenvalue weighted by Gasteiger charge is 2.41. The summed E-state index contributed by atoms with van der Waals surface area (Å²) in [4.78, 5) is 0. The second kappa shape index (κ2) is 19.5. The van der Waals surface area contributed by atoms with Crippen LogP contribution in [0.4, 0.5) is 0 Å². The topological polar surface area (TPSA) is 55.4 Å². The summed E-state index contributed by atoms with van der Waals surface area (Å²) in [5.74, 6) is 0. The molecule has 0 rings (SSSR count). The predicted molar refractivity (Wildman–Crippen MR) is 144 cm³/mol. The van der Waals surface area contributed by atoms with Gasteiger partial charge in [0.2, 0.25) is 0 Å². The molecule has 0 bridgehead atoms. The van der Waals surface area contributed by atoms with E-state index in [0.29, 0.717) is 48.2 Å². The molecule has 0 saturated carbocycles. The highest BCUT2D eigenvalue weighted by atomic mass is 29.7. The predicted octanol–water partition coefficient (Wildman–Crippen LogP) is 1.12. The van der Waals surface area contributed by atoms with Crippen LogP contribution in [0.25, 0.3) is 0 Å². The Morgan fingerprint density at radius 3 is 1.13 bits per heavy atom. The maximum Gasteiger partial charge on any atom is 0.500 e. The van der Waals surface area contributed by atoms with Crippen molar-refractivity contribution >= 4 is 52.8 Å². The number of hydrogen-bond donors (Lipinski definition) is 0. The average molecular weight is 531 g/mol. The van der Waals surface area contributed by atoms with Crippen LogP contribution >= 0.6 is 0 Å². The van der Waals surface area contributed by atoms with Gasteiger partial charge in [-0.3, -0.25) is 0 Å². The van der Waals surface area contributed by atoms with Gasteiger partial charge >= 0.3 is 17.6 Å². The molecule has 0 aromatic carbocycles. The van der Waals surface area contributed by atoms with Gasteiger partial charge in [-0.05, 0) is 68.4 Å². The lowest BCUT2D eigenvalue weighted by Gasteiger charge is -2.29. The zero-order chi connectivity index (χ0) is 22.7. The molecule has 0 amide bonds. The Morgan fingerprint density at radius 2 is 0.900 bits per heavy atom. The molecule has 0 radical (unpaired) electrons. The fraction of sp³-hybridized carbons (Fsp3) is 1.00. The first-order chi connectivity index (χ1) is 14.5. The van der Waals surface area contributed by atoms with Crippen molar-refractivity contribution in [2.24, 2.45) is 0 Å². The van der Waals surface area contributed by atoms with Crippen LogP contribution in [0, 0.1) is 0 Å². The summed E-state index contributed by atoms with van der Waals surface area (Å²) in [5.41, 5.74) is 0. The van der Waals surface area contributed by atoms with E-state index < -0.39 is 25.9 Å². The van der Waals surface area contributed by atoms with Gasteiger partial charge in [-0.2, -0.15) is 0 Å². The van der Waals surface area contributed by atoms with E-state index in [1.165, 1.54) is 34.7 Å². The van der Waals surface area contributed by atoms with E-state index in [9.17, 15) is 0 Å². The van der Waals surface area contributed by atoms with Gasteiger partial charge in [-0.15, -0.1) is 0 Å². The smallest absolute Gasteiger partial charge is 0.374 e. The summed E-state index contributed by atoms with van der Waals surface area (Å²) in [7, 11) is -3.41. The Hall–Kier alpha value is 1.06. The Bertz CT molecular complexity index is 330. The third-order valence-corrected chi connectivity index (χ3v) is 50.0. The van der Waals surface area contributed by atoms with E-state index in [0.717, 1.165) is 12.1 Å². The normalized spacial score (nSPS) is 13.7. The van der Waals surface area contributed by atoms with Crippen molar-refractivity contribution in [2.45, 2.75) is 78.6 Å². The second-order valence-electron chi connectivity index (χ2n) is 7.40. The maximum atomic E-state index is 6.05. The van der Waals surface area contributed by atoms with Crippen molar-refractivity contribution in [1.82, 2.24) is 0 Å². The zero-order valence-electron chi connectivity index (χ0n) is 20.9. The van der Waals surface area contributed by atoms with Gasteiger partial charge in [0.25, 0.3) is 0 Å². The van der Waals surface area contributed by atoms with Crippen LogP contribution in [0.3, 0.4) is 0 Å². The molecular weight excluding hydrogens is 481 g/mol. The molecule has 0 heterocycles. The highest BCUT2D eigenvalue weighted by molar-refractivity contribution is 7.45. The van der Waals surface area contributed by atoms with Crippen LogP contribution < -0.4 is 0 Å². The molecule has 0 aliphatic heterocycles. The summed E-state index contributed by atoms with van der Waals surface area (Å²) in [6.07, 6.45) is 2.44. The molecule has 0 N–H and O–H groups in total. The summed E-state index contributed by atoms with van der Waals surface area (Å²) in [6, 6.07) is 4.85. The summed E-state index contributed by atoms with van der Waals surface area (Å²) >= 11 is 0.